The number of hydrogen-bond donors (Lipinski definition) is 4. The molecule has 1 aliphatic heterocycles. The van der Waals surface area contributed by atoms with Gasteiger partial charge < -0.3 is 15.5 Å². The van der Waals surface area contributed by atoms with Crippen molar-refractivity contribution in [2.75, 3.05) is 19.6 Å². The molecule has 0 spiro atoms. The number of hydrazine groups is 1. The third-order valence-electron chi connectivity index (χ3n) is 4.56. The molecule has 0 radical (unpaired) electrons. The maximum Gasteiger partial charge on any atom is 0.414 e. The van der Waals surface area contributed by atoms with Crippen molar-refractivity contribution in [2.45, 2.75) is 20.3 Å². The van der Waals surface area contributed by atoms with Crippen molar-refractivity contribution in [2.24, 2.45) is 16.8 Å². The van der Waals surface area contributed by atoms with Gasteiger partial charge in [-0.05, 0) is 35.6 Å². The summed E-state index contributed by atoms with van der Waals surface area (Å²) in [7, 11) is 0. The molecule has 170 valence electrons. The number of carbonyl (C=O) groups is 3. The Morgan fingerprint density at radius 2 is 1.53 bits per heavy atom. The van der Waals surface area contributed by atoms with Gasteiger partial charge in [0.15, 0.2) is 0 Å². The van der Waals surface area contributed by atoms with E-state index < -0.39 is 11.9 Å². The number of benzene rings is 2. The molecule has 9 nitrogen and oxygen atoms in total. The molecule has 1 heterocycles. The molecule has 32 heavy (non-hydrogen) atoms. The number of amides is 1. The molecule has 9 heteroatoms. The lowest BCUT2D eigenvalue weighted by molar-refractivity contribution is -0.159. The van der Waals surface area contributed by atoms with Crippen LogP contribution in [0.3, 0.4) is 0 Å². The van der Waals surface area contributed by atoms with E-state index in [1.54, 1.807) is 5.01 Å². The normalized spacial score (nSPS) is 12.6. The molecule has 0 atom stereocenters. The van der Waals surface area contributed by atoms with E-state index in [1.165, 1.54) is 11.1 Å². The van der Waals surface area contributed by atoms with Gasteiger partial charge in [0, 0.05) is 17.7 Å². The van der Waals surface area contributed by atoms with E-state index in [4.69, 9.17) is 25.6 Å². The minimum Gasteiger partial charge on any atom is -0.473 e. The van der Waals surface area contributed by atoms with Crippen LogP contribution in [-0.4, -0.2) is 58.5 Å². The van der Waals surface area contributed by atoms with Crippen LogP contribution >= 0.6 is 0 Å². The Morgan fingerprint density at radius 1 is 1.00 bits per heavy atom. The second kappa shape index (κ2) is 11.6. The Kier molecular flexibility index (Phi) is 8.91. The number of hydrogen-bond acceptors (Lipinski definition) is 6. The summed E-state index contributed by atoms with van der Waals surface area (Å²) in [5.41, 5.74) is 4.14. The van der Waals surface area contributed by atoms with Gasteiger partial charge in [0.05, 0.1) is 13.1 Å². The predicted octanol–water partition coefficient (Wildman–Crippen LogP) is 1.75. The summed E-state index contributed by atoms with van der Waals surface area (Å²) in [6.45, 7) is 6.38. The molecule has 2 aromatic rings. The van der Waals surface area contributed by atoms with Gasteiger partial charge in [0.25, 0.3) is 5.91 Å². The van der Waals surface area contributed by atoms with Crippen molar-refractivity contribution in [3.8, 4) is 0 Å². The molecule has 1 aliphatic rings. The van der Waals surface area contributed by atoms with E-state index >= 15 is 0 Å². The van der Waals surface area contributed by atoms with E-state index in [2.05, 4.69) is 48.4 Å². The van der Waals surface area contributed by atoms with Crippen LogP contribution in [0.15, 0.2) is 53.5 Å². The highest BCUT2D eigenvalue weighted by Gasteiger charge is 2.15. The second-order valence-corrected chi connectivity index (χ2v) is 7.68. The highest BCUT2D eigenvalue weighted by Crippen LogP contribution is 2.14. The number of nitrogens with zero attached hydrogens (tertiary/aromatic N) is 2. The maximum atomic E-state index is 12.1. The van der Waals surface area contributed by atoms with Gasteiger partial charge in [-0.15, -0.1) is 0 Å². The molecule has 0 saturated carbocycles. The topological polar surface area (TPSA) is 145 Å². The zero-order chi connectivity index (χ0) is 23.7. The summed E-state index contributed by atoms with van der Waals surface area (Å²) in [5.74, 6) is 3.56. The standard InChI is InChI=1S/C21H26N4O.C2H2O4/c1-15(2)14-24-21(26)19-9-5-17(6-10-19)13-16-3-7-18(8-4-16)20-23-11-12-25(20)22;3-1(4)2(5)6/h3-10,15H,11-14,22H2,1-2H3,(H,24,26);(H,3,4)(H,5,6). The van der Waals surface area contributed by atoms with E-state index in [0.717, 1.165) is 30.9 Å². The first-order valence-corrected chi connectivity index (χ1v) is 10.2. The number of carboxylic acid groups (broad SMARTS) is 2. The Balaban J connectivity index is 0.000000534. The van der Waals surface area contributed by atoms with E-state index in [0.29, 0.717) is 18.0 Å². The smallest absolute Gasteiger partial charge is 0.414 e. The molecular formula is C23H28N4O5. The molecule has 0 aromatic heterocycles. The van der Waals surface area contributed by atoms with Gasteiger partial charge in [0.2, 0.25) is 0 Å². The molecule has 5 N–H and O–H groups in total. The molecular weight excluding hydrogens is 412 g/mol. The van der Waals surface area contributed by atoms with Crippen LogP contribution in [0.2, 0.25) is 0 Å². The zero-order valence-corrected chi connectivity index (χ0v) is 18.1. The number of nitrogens with two attached hydrogens (primary N) is 1. The highest BCUT2D eigenvalue weighted by molar-refractivity contribution is 6.27. The minimum atomic E-state index is -1.82. The lowest BCUT2D eigenvalue weighted by Crippen LogP contribution is -2.34. The van der Waals surface area contributed by atoms with Gasteiger partial charge in [-0.25, -0.2) is 15.4 Å². The third kappa shape index (κ3) is 7.51. The second-order valence-electron chi connectivity index (χ2n) is 7.68. The lowest BCUT2D eigenvalue weighted by Gasteiger charge is -2.13. The molecule has 0 fully saturated rings. The minimum absolute atomic E-state index is 0.0155. The maximum absolute atomic E-state index is 12.1. The van der Waals surface area contributed by atoms with Crippen LogP contribution in [0.1, 0.15) is 40.9 Å². The van der Waals surface area contributed by atoms with Gasteiger partial charge in [0.1, 0.15) is 5.84 Å². The van der Waals surface area contributed by atoms with Crippen molar-refractivity contribution in [3.05, 3.63) is 70.8 Å². The van der Waals surface area contributed by atoms with Gasteiger partial charge in [-0.1, -0.05) is 50.2 Å². The number of carbonyl (C=O) groups excluding carboxylic acids is 1. The lowest BCUT2D eigenvalue weighted by atomic mass is 10.0. The van der Waals surface area contributed by atoms with Gasteiger partial charge in [-0.3, -0.25) is 14.8 Å². The first-order chi connectivity index (χ1) is 15.2. The van der Waals surface area contributed by atoms with Crippen molar-refractivity contribution in [1.29, 1.82) is 0 Å². The third-order valence-corrected chi connectivity index (χ3v) is 4.56. The van der Waals surface area contributed by atoms with Crippen molar-refractivity contribution in [3.63, 3.8) is 0 Å². The van der Waals surface area contributed by atoms with Gasteiger partial charge >= 0.3 is 11.9 Å². The van der Waals surface area contributed by atoms with Crippen molar-refractivity contribution < 1.29 is 24.6 Å². The average molecular weight is 441 g/mol. The first kappa shape index (κ1) is 24.5. The largest absolute Gasteiger partial charge is 0.473 e. The number of carboxylic acids is 2. The number of rotatable bonds is 6. The Labute approximate surface area is 186 Å². The Bertz CT molecular complexity index is 957. The quantitative estimate of drug-likeness (QED) is 0.395. The van der Waals surface area contributed by atoms with Crippen molar-refractivity contribution >= 4 is 23.7 Å². The van der Waals surface area contributed by atoms with Crippen LogP contribution in [-0.2, 0) is 16.0 Å². The summed E-state index contributed by atoms with van der Waals surface area (Å²) in [6.07, 6.45) is 0.826. The SMILES string of the molecule is CC(C)CNC(=O)c1ccc(Cc2ccc(C3=NCCN3N)cc2)cc1.O=C(O)C(=O)O. The fraction of sp³-hybridized carbons (Fsp3) is 0.304. The Morgan fingerprint density at radius 3 is 1.97 bits per heavy atom. The summed E-state index contributed by atoms with van der Waals surface area (Å²) in [6, 6.07) is 16.1. The molecule has 0 unspecified atom stereocenters. The summed E-state index contributed by atoms with van der Waals surface area (Å²) < 4.78 is 0. The number of aliphatic imine (C=N–C) groups is 1. The van der Waals surface area contributed by atoms with E-state index in [1.807, 2.05) is 24.3 Å². The Hall–Kier alpha value is -3.72. The van der Waals surface area contributed by atoms with Crippen LogP contribution in [0.4, 0.5) is 0 Å². The number of aliphatic carboxylic acids is 2. The summed E-state index contributed by atoms with van der Waals surface area (Å²) in [5, 5.41) is 19.4. The van der Waals surface area contributed by atoms with Gasteiger partial charge in [-0.2, -0.15) is 0 Å². The molecule has 3 rings (SSSR count). The number of nitrogens with one attached hydrogen (secondary N) is 1. The fourth-order valence-corrected chi connectivity index (χ4v) is 2.90. The van der Waals surface area contributed by atoms with Crippen LogP contribution in [0, 0.1) is 5.92 Å². The predicted molar refractivity (Wildman–Crippen MR) is 120 cm³/mol. The van der Waals surface area contributed by atoms with Crippen LogP contribution in [0.5, 0.6) is 0 Å². The van der Waals surface area contributed by atoms with E-state index in [-0.39, 0.29) is 5.91 Å². The number of amidine groups is 1. The zero-order valence-electron chi connectivity index (χ0n) is 18.1. The average Bonchev–Trinajstić information content (AvgIpc) is 3.19. The molecule has 0 aliphatic carbocycles. The van der Waals surface area contributed by atoms with Crippen molar-refractivity contribution in [1.82, 2.24) is 10.3 Å². The molecule has 0 saturated heterocycles. The highest BCUT2D eigenvalue weighted by atomic mass is 16.4. The summed E-state index contributed by atoms with van der Waals surface area (Å²) >= 11 is 0. The van der Waals surface area contributed by atoms with E-state index in [9.17, 15) is 4.79 Å². The molecule has 2 aromatic carbocycles. The summed E-state index contributed by atoms with van der Waals surface area (Å²) in [4.78, 5) is 34.7. The molecule has 1 amide bonds. The monoisotopic (exact) mass is 440 g/mol. The fourth-order valence-electron chi connectivity index (χ4n) is 2.90. The van der Waals surface area contributed by atoms with Crippen LogP contribution < -0.4 is 11.2 Å². The van der Waals surface area contributed by atoms with Crippen LogP contribution in [0.25, 0.3) is 0 Å². The first-order valence-electron chi connectivity index (χ1n) is 10.2. The molecule has 0 bridgehead atoms.